The molecule has 36 heavy (non-hydrogen) atoms. The second kappa shape index (κ2) is 9.66. The van der Waals surface area contributed by atoms with Gasteiger partial charge in [0.2, 0.25) is 5.82 Å². The number of nitriles is 1. The zero-order valence-electron chi connectivity index (χ0n) is 18.9. The lowest BCUT2D eigenvalue weighted by Crippen LogP contribution is -2.56. The number of carbonyl (C=O) groups is 1. The third-order valence-electron chi connectivity index (χ3n) is 6.07. The molecule has 0 radical (unpaired) electrons. The van der Waals surface area contributed by atoms with E-state index >= 15 is 0 Å². The molecule has 1 N–H and O–H groups in total. The van der Waals surface area contributed by atoms with Gasteiger partial charge in [-0.3, -0.25) is 9.78 Å². The zero-order chi connectivity index (χ0) is 25.3. The average Bonchev–Trinajstić information content (AvgIpc) is 3.33. The predicted octanol–water partition coefficient (Wildman–Crippen LogP) is 3.10. The molecule has 1 aromatic carbocycles. The highest BCUT2D eigenvalue weighted by Gasteiger charge is 2.37. The SMILES string of the molecule is N#CCC1CN(S(=O)(=O)c2cc3cc(Cl)ccc3[nH]2)CCN1C(=O)c1ncc(-c2ccncc2)cn1. The van der Waals surface area contributed by atoms with Crippen molar-refractivity contribution < 1.29 is 13.2 Å². The van der Waals surface area contributed by atoms with E-state index in [9.17, 15) is 18.5 Å². The van der Waals surface area contributed by atoms with Crippen molar-refractivity contribution >= 4 is 38.4 Å². The van der Waals surface area contributed by atoms with Gasteiger partial charge < -0.3 is 9.88 Å². The number of H-pyrrole nitrogens is 1. The third kappa shape index (κ3) is 4.54. The minimum Gasteiger partial charge on any atom is -0.345 e. The number of carbonyl (C=O) groups excluding carboxylic acids is 1. The summed E-state index contributed by atoms with van der Waals surface area (Å²) in [5.41, 5.74) is 2.25. The van der Waals surface area contributed by atoms with Gasteiger partial charge in [-0.2, -0.15) is 9.57 Å². The van der Waals surface area contributed by atoms with Crippen molar-refractivity contribution in [3.63, 3.8) is 0 Å². The van der Waals surface area contributed by atoms with Gasteiger partial charge in [0.05, 0.1) is 18.5 Å². The van der Waals surface area contributed by atoms with E-state index in [1.807, 2.05) is 12.1 Å². The van der Waals surface area contributed by atoms with Gasteiger partial charge in [0, 0.05) is 65.9 Å². The van der Waals surface area contributed by atoms with Crippen LogP contribution in [0.2, 0.25) is 5.02 Å². The molecule has 0 bridgehead atoms. The highest BCUT2D eigenvalue weighted by Crippen LogP contribution is 2.27. The molecular formula is C24H20ClN7O3S. The molecule has 1 atom stereocenters. The lowest BCUT2D eigenvalue weighted by molar-refractivity contribution is 0.0559. The summed E-state index contributed by atoms with van der Waals surface area (Å²) in [6, 6.07) is 11.6. The normalized spacial score (nSPS) is 16.7. The maximum atomic E-state index is 13.4. The molecule has 1 fully saturated rings. The van der Waals surface area contributed by atoms with E-state index in [4.69, 9.17) is 11.6 Å². The van der Waals surface area contributed by atoms with E-state index in [0.29, 0.717) is 15.9 Å². The fourth-order valence-corrected chi connectivity index (χ4v) is 5.87. The first-order valence-corrected chi connectivity index (χ1v) is 12.9. The number of aromatic nitrogens is 4. The Hall–Kier alpha value is -3.85. The third-order valence-corrected chi connectivity index (χ3v) is 8.09. The molecule has 4 heterocycles. The Morgan fingerprint density at radius 2 is 1.86 bits per heavy atom. The molecule has 1 unspecified atom stereocenters. The Kier molecular flexibility index (Phi) is 6.40. The van der Waals surface area contributed by atoms with Crippen molar-refractivity contribution in [2.24, 2.45) is 0 Å². The number of halogens is 1. The van der Waals surface area contributed by atoms with Crippen molar-refractivity contribution in [3.05, 3.63) is 72.0 Å². The summed E-state index contributed by atoms with van der Waals surface area (Å²) >= 11 is 6.03. The van der Waals surface area contributed by atoms with Crippen LogP contribution >= 0.6 is 11.6 Å². The number of sulfonamides is 1. The molecule has 1 amide bonds. The molecule has 5 rings (SSSR count). The number of pyridine rings is 1. The molecule has 12 heteroatoms. The molecule has 1 aliphatic rings. The van der Waals surface area contributed by atoms with E-state index in [2.05, 4.69) is 26.0 Å². The molecular weight excluding hydrogens is 502 g/mol. The van der Waals surface area contributed by atoms with Crippen LogP contribution in [0.15, 0.2) is 66.2 Å². The first-order chi connectivity index (χ1) is 17.4. The minimum atomic E-state index is -3.89. The van der Waals surface area contributed by atoms with Crippen LogP contribution in [0, 0.1) is 11.3 Å². The molecule has 1 aliphatic heterocycles. The number of amides is 1. The van der Waals surface area contributed by atoms with E-state index < -0.39 is 22.0 Å². The van der Waals surface area contributed by atoms with Crippen molar-refractivity contribution in [2.75, 3.05) is 19.6 Å². The van der Waals surface area contributed by atoms with Gasteiger partial charge in [-0.05, 0) is 42.0 Å². The van der Waals surface area contributed by atoms with Crippen LogP contribution in [0.25, 0.3) is 22.0 Å². The maximum Gasteiger partial charge on any atom is 0.292 e. The predicted molar refractivity (Wildman–Crippen MR) is 132 cm³/mol. The molecule has 0 spiro atoms. The van der Waals surface area contributed by atoms with E-state index in [1.165, 1.54) is 15.3 Å². The van der Waals surface area contributed by atoms with Crippen molar-refractivity contribution in [2.45, 2.75) is 17.5 Å². The Labute approximate surface area is 212 Å². The van der Waals surface area contributed by atoms with Gasteiger partial charge in [0.15, 0.2) is 0 Å². The molecule has 1 saturated heterocycles. The van der Waals surface area contributed by atoms with Crippen LogP contribution in [0.3, 0.4) is 0 Å². The number of hydrogen-bond acceptors (Lipinski definition) is 7. The van der Waals surface area contributed by atoms with Gasteiger partial charge in [-0.25, -0.2) is 18.4 Å². The van der Waals surface area contributed by atoms with E-state index in [1.54, 1.807) is 43.0 Å². The Balaban J connectivity index is 1.35. The number of piperazine rings is 1. The first-order valence-electron chi connectivity index (χ1n) is 11.1. The van der Waals surface area contributed by atoms with Gasteiger partial charge in [0.1, 0.15) is 5.03 Å². The van der Waals surface area contributed by atoms with Gasteiger partial charge in [-0.15, -0.1) is 0 Å². The Morgan fingerprint density at radius 1 is 1.11 bits per heavy atom. The number of nitrogens with one attached hydrogen (secondary N) is 1. The first kappa shape index (κ1) is 23.9. The summed E-state index contributed by atoms with van der Waals surface area (Å²) in [7, 11) is -3.89. The largest absolute Gasteiger partial charge is 0.345 e. The topological polar surface area (TPSA) is 136 Å². The summed E-state index contributed by atoms with van der Waals surface area (Å²) in [5.74, 6) is -0.464. The number of benzene rings is 1. The maximum absolute atomic E-state index is 13.4. The number of rotatable bonds is 5. The van der Waals surface area contributed by atoms with Crippen molar-refractivity contribution in [1.82, 2.24) is 29.1 Å². The second-order valence-corrected chi connectivity index (χ2v) is 10.6. The molecule has 3 aromatic heterocycles. The van der Waals surface area contributed by atoms with Gasteiger partial charge in [-0.1, -0.05) is 11.6 Å². The highest BCUT2D eigenvalue weighted by molar-refractivity contribution is 7.89. The summed E-state index contributed by atoms with van der Waals surface area (Å²) in [6.45, 7) is 0.153. The molecule has 10 nitrogen and oxygen atoms in total. The highest BCUT2D eigenvalue weighted by atomic mass is 35.5. The minimum absolute atomic E-state index is 0.0143. The van der Waals surface area contributed by atoms with Gasteiger partial charge >= 0.3 is 0 Å². The average molecular weight is 522 g/mol. The standard InChI is InChI=1S/C24H20ClN7O3S/c25-19-1-2-21-17(11-19)12-22(30-21)36(34,35)31-9-10-32(20(15-31)3-6-26)24(33)23-28-13-18(14-29-23)16-4-7-27-8-5-16/h1-2,4-5,7-8,11-14,20,30H,3,9-10,15H2. The van der Waals surface area contributed by atoms with Crippen LogP contribution in [-0.2, 0) is 10.0 Å². The summed E-state index contributed by atoms with van der Waals surface area (Å²) in [5, 5.41) is 10.6. The lowest BCUT2D eigenvalue weighted by Gasteiger charge is -2.39. The number of hydrogen-bond donors (Lipinski definition) is 1. The molecule has 182 valence electrons. The van der Waals surface area contributed by atoms with E-state index in [0.717, 1.165) is 11.1 Å². The summed E-state index contributed by atoms with van der Waals surface area (Å²) in [4.78, 5) is 30.0. The van der Waals surface area contributed by atoms with Crippen LogP contribution in [0.5, 0.6) is 0 Å². The second-order valence-electron chi connectivity index (χ2n) is 8.27. The lowest BCUT2D eigenvalue weighted by atomic mass is 10.1. The van der Waals surface area contributed by atoms with Crippen molar-refractivity contribution in [1.29, 1.82) is 5.26 Å². The summed E-state index contributed by atoms with van der Waals surface area (Å²) < 4.78 is 28.0. The van der Waals surface area contributed by atoms with E-state index in [-0.39, 0.29) is 36.9 Å². The smallest absolute Gasteiger partial charge is 0.292 e. The fraction of sp³-hybridized carbons (Fsp3) is 0.208. The fourth-order valence-electron chi connectivity index (χ4n) is 4.21. The monoisotopic (exact) mass is 521 g/mol. The van der Waals surface area contributed by atoms with Crippen molar-refractivity contribution in [3.8, 4) is 17.2 Å². The van der Waals surface area contributed by atoms with Crippen LogP contribution in [-0.4, -0.2) is 69.1 Å². The van der Waals surface area contributed by atoms with Crippen LogP contribution < -0.4 is 0 Å². The zero-order valence-corrected chi connectivity index (χ0v) is 20.4. The Bertz CT molecular complexity index is 1570. The quantitative estimate of drug-likeness (QED) is 0.426. The van der Waals surface area contributed by atoms with Gasteiger partial charge in [0.25, 0.3) is 15.9 Å². The number of nitrogens with zero attached hydrogens (tertiary/aromatic N) is 6. The molecule has 0 saturated carbocycles. The number of aromatic amines is 1. The van der Waals surface area contributed by atoms with Crippen LogP contribution in [0.4, 0.5) is 0 Å². The summed E-state index contributed by atoms with van der Waals surface area (Å²) in [6.07, 6.45) is 6.38. The Morgan fingerprint density at radius 3 is 2.58 bits per heavy atom. The molecule has 4 aromatic rings. The van der Waals surface area contributed by atoms with Crippen LogP contribution in [0.1, 0.15) is 17.0 Å². The number of fused-ring (bicyclic) bond motifs is 1. The molecule has 0 aliphatic carbocycles.